The van der Waals surface area contributed by atoms with Crippen molar-refractivity contribution >= 4 is 40.0 Å². The SMILES string of the molecule is O=C(Cc1c[nH]c2ccccc12)NCC(=O)Nc1ccccc1Cl. The van der Waals surface area contributed by atoms with Crippen LogP contribution in [0.1, 0.15) is 5.56 Å². The minimum absolute atomic E-state index is 0.105. The van der Waals surface area contributed by atoms with Gasteiger partial charge < -0.3 is 15.6 Å². The Morgan fingerprint density at radius 2 is 1.75 bits per heavy atom. The molecule has 1 aromatic heterocycles. The summed E-state index contributed by atoms with van der Waals surface area (Å²) in [5.41, 5.74) is 2.40. The van der Waals surface area contributed by atoms with Gasteiger partial charge in [-0.05, 0) is 23.8 Å². The third-order valence-corrected chi connectivity index (χ3v) is 3.95. The molecule has 3 aromatic rings. The van der Waals surface area contributed by atoms with Crippen LogP contribution in [0.3, 0.4) is 0 Å². The molecule has 0 unspecified atom stereocenters. The lowest BCUT2D eigenvalue weighted by atomic mass is 10.1. The number of benzene rings is 2. The summed E-state index contributed by atoms with van der Waals surface area (Å²) in [6.07, 6.45) is 2.03. The predicted molar refractivity (Wildman–Crippen MR) is 95.1 cm³/mol. The third kappa shape index (κ3) is 3.75. The van der Waals surface area contributed by atoms with Crippen LogP contribution in [0.4, 0.5) is 5.69 Å². The van der Waals surface area contributed by atoms with E-state index in [0.29, 0.717) is 10.7 Å². The molecule has 0 radical (unpaired) electrons. The van der Waals surface area contributed by atoms with Gasteiger partial charge in [0.25, 0.3) is 0 Å². The van der Waals surface area contributed by atoms with Gasteiger partial charge in [-0.15, -0.1) is 0 Å². The molecule has 0 atom stereocenters. The molecular formula is C18H16ClN3O2. The zero-order valence-corrected chi connectivity index (χ0v) is 13.6. The number of para-hydroxylation sites is 2. The molecule has 0 aliphatic carbocycles. The molecule has 122 valence electrons. The number of hydrogen-bond acceptors (Lipinski definition) is 2. The van der Waals surface area contributed by atoms with Crippen molar-refractivity contribution in [1.82, 2.24) is 10.3 Å². The van der Waals surface area contributed by atoms with Gasteiger partial charge in [0.15, 0.2) is 0 Å². The Morgan fingerprint density at radius 3 is 2.58 bits per heavy atom. The zero-order chi connectivity index (χ0) is 16.9. The first-order valence-corrected chi connectivity index (χ1v) is 7.87. The van der Waals surface area contributed by atoms with Crippen molar-refractivity contribution in [3.05, 3.63) is 65.3 Å². The molecular weight excluding hydrogens is 326 g/mol. The van der Waals surface area contributed by atoms with E-state index in [1.807, 2.05) is 30.5 Å². The van der Waals surface area contributed by atoms with E-state index in [1.54, 1.807) is 24.3 Å². The number of halogens is 1. The number of anilines is 1. The first-order valence-electron chi connectivity index (χ1n) is 7.49. The maximum absolute atomic E-state index is 12.0. The Labute approximate surface area is 144 Å². The summed E-state index contributed by atoms with van der Waals surface area (Å²) >= 11 is 5.98. The molecule has 2 amide bonds. The number of fused-ring (bicyclic) bond motifs is 1. The molecule has 0 spiro atoms. The molecule has 3 rings (SSSR count). The van der Waals surface area contributed by atoms with Crippen LogP contribution in [0.5, 0.6) is 0 Å². The van der Waals surface area contributed by atoms with Crippen molar-refractivity contribution in [2.45, 2.75) is 6.42 Å². The maximum atomic E-state index is 12.0. The highest BCUT2D eigenvalue weighted by Crippen LogP contribution is 2.20. The average molecular weight is 342 g/mol. The molecule has 1 heterocycles. The number of aromatic amines is 1. The molecule has 0 aliphatic heterocycles. The van der Waals surface area contributed by atoms with Gasteiger partial charge in [-0.2, -0.15) is 0 Å². The third-order valence-electron chi connectivity index (χ3n) is 3.62. The lowest BCUT2D eigenvalue weighted by molar-refractivity contribution is -0.123. The molecule has 0 aliphatic rings. The summed E-state index contributed by atoms with van der Waals surface area (Å²) in [5, 5.41) is 6.74. The van der Waals surface area contributed by atoms with Crippen molar-refractivity contribution in [2.24, 2.45) is 0 Å². The van der Waals surface area contributed by atoms with E-state index in [4.69, 9.17) is 11.6 Å². The molecule has 3 N–H and O–H groups in total. The molecule has 0 saturated heterocycles. The van der Waals surface area contributed by atoms with Crippen LogP contribution in [0.25, 0.3) is 10.9 Å². The molecule has 24 heavy (non-hydrogen) atoms. The smallest absolute Gasteiger partial charge is 0.243 e. The normalized spacial score (nSPS) is 10.5. The number of aromatic nitrogens is 1. The molecule has 5 nitrogen and oxygen atoms in total. The van der Waals surface area contributed by atoms with E-state index < -0.39 is 0 Å². The minimum Gasteiger partial charge on any atom is -0.361 e. The van der Waals surface area contributed by atoms with Crippen LogP contribution in [0.2, 0.25) is 5.02 Å². The quantitative estimate of drug-likeness (QED) is 0.667. The first kappa shape index (κ1) is 16.1. The fourth-order valence-corrected chi connectivity index (χ4v) is 2.63. The largest absolute Gasteiger partial charge is 0.361 e. The first-order chi connectivity index (χ1) is 11.6. The number of rotatable bonds is 5. The highest BCUT2D eigenvalue weighted by Gasteiger charge is 2.10. The Hall–Kier alpha value is -2.79. The van der Waals surface area contributed by atoms with Crippen LogP contribution in [-0.4, -0.2) is 23.3 Å². The van der Waals surface area contributed by atoms with E-state index in [9.17, 15) is 9.59 Å². The van der Waals surface area contributed by atoms with E-state index in [0.717, 1.165) is 16.5 Å². The number of amides is 2. The number of carbonyl (C=O) groups excluding carboxylic acids is 2. The van der Waals surface area contributed by atoms with Crippen LogP contribution in [0, 0.1) is 0 Å². The summed E-state index contributed by atoms with van der Waals surface area (Å²) < 4.78 is 0. The minimum atomic E-state index is -0.324. The van der Waals surface area contributed by atoms with Crippen LogP contribution >= 0.6 is 11.6 Å². The van der Waals surface area contributed by atoms with Crippen molar-refractivity contribution in [3.63, 3.8) is 0 Å². The van der Waals surface area contributed by atoms with E-state index in [1.165, 1.54) is 0 Å². The lowest BCUT2D eigenvalue weighted by Gasteiger charge is -2.08. The van der Waals surface area contributed by atoms with Gasteiger partial charge >= 0.3 is 0 Å². The lowest BCUT2D eigenvalue weighted by Crippen LogP contribution is -2.33. The predicted octanol–water partition coefficient (Wildman–Crippen LogP) is 3.12. The maximum Gasteiger partial charge on any atom is 0.243 e. The molecule has 6 heteroatoms. The van der Waals surface area contributed by atoms with Crippen LogP contribution in [-0.2, 0) is 16.0 Å². The van der Waals surface area contributed by atoms with Gasteiger partial charge in [0.2, 0.25) is 11.8 Å². The standard InChI is InChI=1S/C18H16ClN3O2/c19-14-6-2-4-8-16(14)22-18(24)11-21-17(23)9-12-10-20-15-7-3-1-5-13(12)15/h1-8,10,20H,9,11H2,(H,21,23)(H,22,24). The van der Waals surface area contributed by atoms with Gasteiger partial charge in [-0.3, -0.25) is 9.59 Å². The highest BCUT2D eigenvalue weighted by atomic mass is 35.5. The molecule has 0 bridgehead atoms. The van der Waals surface area contributed by atoms with Gasteiger partial charge in [-0.25, -0.2) is 0 Å². The summed E-state index contributed by atoms with van der Waals surface area (Å²) in [6, 6.07) is 14.7. The summed E-state index contributed by atoms with van der Waals surface area (Å²) in [5.74, 6) is -0.538. The van der Waals surface area contributed by atoms with E-state index in [2.05, 4.69) is 15.6 Å². The Morgan fingerprint density at radius 1 is 1.00 bits per heavy atom. The summed E-state index contributed by atoms with van der Waals surface area (Å²) in [4.78, 5) is 27.1. The molecule has 0 fully saturated rings. The number of hydrogen-bond donors (Lipinski definition) is 3. The van der Waals surface area contributed by atoms with Crippen molar-refractivity contribution in [3.8, 4) is 0 Å². The Balaban J connectivity index is 1.54. The second-order valence-corrected chi connectivity index (χ2v) is 5.75. The van der Waals surface area contributed by atoms with Crippen LogP contribution in [0.15, 0.2) is 54.7 Å². The number of nitrogens with one attached hydrogen (secondary N) is 3. The number of carbonyl (C=O) groups is 2. The van der Waals surface area contributed by atoms with Crippen molar-refractivity contribution in [2.75, 3.05) is 11.9 Å². The fraction of sp³-hybridized carbons (Fsp3) is 0.111. The van der Waals surface area contributed by atoms with E-state index in [-0.39, 0.29) is 24.8 Å². The average Bonchev–Trinajstić information content (AvgIpc) is 2.98. The van der Waals surface area contributed by atoms with Gasteiger partial charge in [0.05, 0.1) is 23.7 Å². The Kier molecular flexibility index (Phi) is 4.82. The van der Waals surface area contributed by atoms with Crippen LogP contribution < -0.4 is 10.6 Å². The van der Waals surface area contributed by atoms with E-state index >= 15 is 0 Å². The van der Waals surface area contributed by atoms with Crippen molar-refractivity contribution in [1.29, 1.82) is 0 Å². The summed E-state index contributed by atoms with van der Waals surface area (Å²) in [7, 11) is 0. The van der Waals surface area contributed by atoms with Crippen molar-refractivity contribution < 1.29 is 9.59 Å². The second kappa shape index (κ2) is 7.19. The van der Waals surface area contributed by atoms with Gasteiger partial charge in [0, 0.05) is 17.1 Å². The molecule has 2 aromatic carbocycles. The fourth-order valence-electron chi connectivity index (χ4n) is 2.45. The summed E-state index contributed by atoms with van der Waals surface area (Å²) in [6.45, 7) is -0.105. The highest BCUT2D eigenvalue weighted by molar-refractivity contribution is 6.33. The monoisotopic (exact) mass is 341 g/mol. The van der Waals surface area contributed by atoms with Gasteiger partial charge in [0.1, 0.15) is 0 Å². The topological polar surface area (TPSA) is 74.0 Å². The zero-order valence-electron chi connectivity index (χ0n) is 12.8. The second-order valence-electron chi connectivity index (χ2n) is 5.34. The number of H-pyrrole nitrogens is 1. The Bertz CT molecular complexity index is 889. The van der Waals surface area contributed by atoms with Gasteiger partial charge in [-0.1, -0.05) is 41.9 Å². The molecule has 0 saturated carbocycles.